The molecule has 0 spiro atoms. The Kier molecular flexibility index (Phi) is 41.7. The molecule has 0 aromatic heterocycles. The van der Waals surface area contributed by atoms with E-state index in [1.54, 1.807) is 0 Å². The third-order valence-corrected chi connectivity index (χ3v) is 10.4. The zero-order valence-corrected chi connectivity index (χ0v) is 30.7. The van der Waals surface area contributed by atoms with Gasteiger partial charge in [0.1, 0.15) is 0 Å². The van der Waals surface area contributed by atoms with Crippen LogP contribution in [0.2, 0.25) is 0 Å². The van der Waals surface area contributed by atoms with Gasteiger partial charge in [0.25, 0.3) is 0 Å². The smallest absolute Gasteiger partial charge is 0.0166 e. The van der Waals surface area contributed by atoms with Gasteiger partial charge in [-0.2, -0.15) is 11.8 Å². The van der Waals surface area contributed by atoms with Gasteiger partial charge in [-0.15, -0.1) is 0 Å². The van der Waals surface area contributed by atoms with E-state index >= 15 is 0 Å². The van der Waals surface area contributed by atoms with Crippen molar-refractivity contribution in [3.63, 3.8) is 0 Å². The van der Waals surface area contributed by atoms with Crippen LogP contribution in [0.15, 0.2) is 0 Å². The van der Waals surface area contributed by atoms with Crippen LogP contribution in [0.4, 0.5) is 0 Å². The molecule has 253 valence electrons. The Morgan fingerprint density at radius 2 is 0.476 bits per heavy atom. The third kappa shape index (κ3) is 40.4. The van der Waals surface area contributed by atoms with Gasteiger partial charge in [-0.25, -0.2) is 0 Å². The standard InChI is InChI=1S/C41H83S/c1-3-5-7-9-11-13-15-16-17-18-19-20-21-22-23-24-25-26-27-28-29-31-33-35-37-39-41-42-40-38-36-34-32-30-14-12-10-8-6-4-2/h41H,3-40H2,1-2H3. The highest BCUT2D eigenvalue weighted by Gasteiger charge is 1.98. The van der Waals surface area contributed by atoms with Gasteiger partial charge in [-0.3, -0.25) is 0 Å². The molecule has 0 unspecified atom stereocenters. The quantitative estimate of drug-likeness (QED) is 0.0626. The number of rotatable bonds is 39. The average molecular weight is 608 g/mol. The molecule has 0 bridgehead atoms. The Bertz CT molecular complexity index is 393. The fourth-order valence-corrected chi connectivity index (χ4v) is 7.25. The summed E-state index contributed by atoms with van der Waals surface area (Å²) in [5, 5.41) is 0. The molecule has 0 heterocycles. The minimum Gasteiger partial charge on any atom is -0.157 e. The maximum Gasteiger partial charge on any atom is 0.0166 e. The molecule has 0 atom stereocenters. The Morgan fingerprint density at radius 1 is 0.262 bits per heavy atom. The summed E-state index contributed by atoms with van der Waals surface area (Å²) in [6.45, 7) is 4.62. The molecular weight excluding hydrogens is 525 g/mol. The van der Waals surface area contributed by atoms with E-state index in [9.17, 15) is 0 Å². The van der Waals surface area contributed by atoms with Crippen molar-refractivity contribution in [3.05, 3.63) is 5.75 Å². The molecule has 0 aromatic carbocycles. The predicted octanol–water partition coefficient (Wildman–Crippen LogP) is 16.4. The Morgan fingerprint density at radius 3 is 0.738 bits per heavy atom. The van der Waals surface area contributed by atoms with E-state index in [2.05, 4.69) is 31.4 Å². The van der Waals surface area contributed by atoms with Gasteiger partial charge in [0.05, 0.1) is 0 Å². The van der Waals surface area contributed by atoms with E-state index in [1.165, 1.54) is 243 Å². The van der Waals surface area contributed by atoms with Gasteiger partial charge >= 0.3 is 0 Å². The lowest BCUT2D eigenvalue weighted by Crippen LogP contribution is -1.85. The van der Waals surface area contributed by atoms with Crippen LogP contribution in [0.5, 0.6) is 0 Å². The van der Waals surface area contributed by atoms with Crippen molar-refractivity contribution in [1.29, 1.82) is 0 Å². The number of thioether (sulfide) groups is 1. The lowest BCUT2D eigenvalue weighted by atomic mass is 10.0. The summed E-state index contributed by atoms with van der Waals surface area (Å²) in [5.74, 6) is 3.87. The molecule has 0 fully saturated rings. The average Bonchev–Trinajstić information content (AvgIpc) is 3.00. The van der Waals surface area contributed by atoms with Crippen LogP contribution in [-0.2, 0) is 0 Å². The van der Waals surface area contributed by atoms with Gasteiger partial charge in [0.15, 0.2) is 0 Å². The second-order valence-electron chi connectivity index (χ2n) is 13.8. The Balaban J connectivity index is 3.02. The number of hydrogen-bond acceptors (Lipinski definition) is 1. The lowest BCUT2D eigenvalue weighted by molar-refractivity contribution is 0.516. The first-order chi connectivity index (χ1) is 20.9. The molecule has 0 saturated heterocycles. The lowest BCUT2D eigenvalue weighted by Gasteiger charge is -2.05. The van der Waals surface area contributed by atoms with Crippen LogP contribution < -0.4 is 0 Å². The predicted molar refractivity (Wildman–Crippen MR) is 199 cm³/mol. The van der Waals surface area contributed by atoms with E-state index in [0.717, 1.165) is 0 Å². The molecule has 0 rings (SSSR count). The summed E-state index contributed by atoms with van der Waals surface area (Å²) in [6.07, 6.45) is 54.3. The Hall–Kier alpha value is 0.350. The molecule has 0 aliphatic rings. The molecule has 0 nitrogen and oxygen atoms in total. The van der Waals surface area contributed by atoms with Crippen molar-refractivity contribution < 1.29 is 0 Å². The largest absolute Gasteiger partial charge is 0.157 e. The highest BCUT2D eigenvalue weighted by Crippen LogP contribution is 2.19. The van der Waals surface area contributed by atoms with Crippen LogP contribution in [-0.4, -0.2) is 5.75 Å². The normalized spacial score (nSPS) is 11.6. The van der Waals surface area contributed by atoms with Crippen molar-refractivity contribution in [3.8, 4) is 0 Å². The summed E-state index contributed by atoms with van der Waals surface area (Å²) in [5.41, 5.74) is 0. The van der Waals surface area contributed by atoms with E-state index in [4.69, 9.17) is 0 Å². The van der Waals surface area contributed by atoms with Gasteiger partial charge in [0.2, 0.25) is 0 Å². The maximum atomic E-state index is 2.51. The first-order valence-electron chi connectivity index (χ1n) is 20.3. The van der Waals surface area contributed by atoms with Gasteiger partial charge in [-0.05, 0) is 18.6 Å². The number of hydrogen-bond donors (Lipinski definition) is 0. The van der Waals surface area contributed by atoms with Crippen molar-refractivity contribution in [1.82, 2.24) is 0 Å². The number of unbranched alkanes of at least 4 members (excludes halogenated alkanes) is 35. The highest BCUT2D eigenvalue weighted by atomic mass is 32.2. The summed E-state index contributed by atoms with van der Waals surface area (Å²) >= 11 is 2.10. The fourth-order valence-electron chi connectivity index (χ4n) is 6.38. The molecule has 42 heavy (non-hydrogen) atoms. The van der Waals surface area contributed by atoms with Crippen molar-refractivity contribution in [2.45, 2.75) is 251 Å². The van der Waals surface area contributed by atoms with Crippen molar-refractivity contribution in [2.24, 2.45) is 0 Å². The molecule has 1 heteroatoms. The minimum atomic E-state index is 1.34. The molecular formula is C41H83S. The van der Waals surface area contributed by atoms with Crippen molar-refractivity contribution >= 4 is 11.8 Å². The molecule has 0 aliphatic heterocycles. The van der Waals surface area contributed by atoms with E-state index in [-0.39, 0.29) is 0 Å². The second kappa shape index (κ2) is 41.4. The third-order valence-electron chi connectivity index (χ3n) is 9.41. The van der Waals surface area contributed by atoms with Crippen LogP contribution in [0, 0.1) is 5.75 Å². The molecule has 0 N–H and O–H groups in total. The first-order valence-corrected chi connectivity index (χ1v) is 21.4. The first kappa shape index (κ1) is 42.3. The summed E-state index contributed by atoms with van der Waals surface area (Å²) < 4.78 is 0. The maximum absolute atomic E-state index is 2.51. The fraction of sp³-hybridized carbons (Fsp3) is 0.976. The van der Waals surface area contributed by atoms with Gasteiger partial charge < -0.3 is 0 Å². The zero-order chi connectivity index (χ0) is 30.3. The molecule has 0 saturated carbocycles. The summed E-state index contributed by atoms with van der Waals surface area (Å²) in [6, 6.07) is 0. The van der Waals surface area contributed by atoms with E-state index in [1.807, 2.05) is 0 Å². The molecule has 0 aromatic rings. The topological polar surface area (TPSA) is 0 Å². The van der Waals surface area contributed by atoms with E-state index in [0.29, 0.717) is 0 Å². The van der Waals surface area contributed by atoms with Crippen LogP contribution in [0.25, 0.3) is 0 Å². The van der Waals surface area contributed by atoms with Gasteiger partial charge in [0, 0.05) is 5.75 Å². The van der Waals surface area contributed by atoms with Crippen molar-refractivity contribution in [2.75, 3.05) is 5.75 Å². The van der Waals surface area contributed by atoms with Crippen LogP contribution >= 0.6 is 11.8 Å². The summed E-state index contributed by atoms with van der Waals surface area (Å²) in [7, 11) is 0. The monoisotopic (exact) mass is 608 g/mol. The van der Waals surface area contributed by atoms with E-state index < -0.39 is 0 Å². The Labute approximate surface area is 273 Å². The van der Waals surface area contributed by atoms with Crippen LogP contribution in [0.1, 0.15) is 251 Å². The van der Waals surface area contributed by atoms with Gasteiger partial charge in [-0.1, -0.05) is 239 Å². The minimum absolute atomic E-state index is 1.34. The SMILES string of the molecule is CCCCCCCCCCCCCCCCCCCCCCCCCCC[CH]SCCCCCCCCCCCCC. The zero-order valence-electron chi connectivity index (χ0n) is 29.9. The summed E-state index contributed by atoms with van der Waals surface area (Å²) in [4.78, 5) is 0. The molecule has 1 radical (unpaired) electrons. The second-order valence-corrected chi connectivity index (χ2v) is 14.9. The highest BCUT2D eigenvalue weighted by molar-refractivity contribution is 8.01. The van der Waals surface area contributed by atoms with Crippen LogP contribution in [0.3, 0.4) is 0 Å². The molecule has 0 aliphatic carbocycles. The molecule has 0 amide bonds.